The molecule has 35 heavy (non-hydrogen) atoms. The Morgan fingerprint density at radius 2 is 2.06 bits per heavy atom. The van der Waals surface area contributed by atoms with Crippen LogP contribution in [0.15, 0.2) is 23.4 Å². The van der Waals surface area contributed by atoms with E-state index >= 15 is 0 Å². The third kappa shape index (κ3) is 4.52. The molecule has 2 aliphatic rings. The van der Waals surface area contributed by atoms with Crippen LogP contribution >= 0.6 is 11.3 Å². The second-order valence-electron chi connectivity index (χ2n) is 9.53. The molecule has 2 N–H and O–H groups in total. The van der Waals surface area contributed by atoms with Crippen LogP contribution in [0.1, 0.15) is 45.0 Å². The minimum atomic E-state index is -3.91. The van der Waals surface area contributed by atoms with Gasteiger partial charge in [-0.3, -0.25) is 4.40 Å². The lowest BCUT2D eigenvalue weighted by atomic mass is 10.0. The fourth-order valence-corrected chi connectivity index (χ4v) is 6.58. The van der Waals surface area contributed by atoms with Crippen LogP contribution in [-0.2, 0) is 10.0 Å². The van der Waals surface area contributed by atoms with E-state index in [1.54, 1.807) is 16.7 Å². The summed E-state index contributed by atoms with van der Waals surface area (Å²) in [5.74, 6) is 0.207. The molecule has 0 bridgehead atoms. The van der Waals surface area contributed by atoms with E-state index in [1.165, 1.54) is 6.20 Å². The summed E-state index contributed by atoms with van der Waals surface area (Å²) in [6.45, 7) is 5.58. The molecule has 190 valence electrons. The van der Waals surface area contributed by atoms with Crippen molar-refractivity contribution >= 4 is 32.6 Å². The molecule has 0 amide bonds. The van der Waals surface area contributed by atoms with Gasteiger partial charge >= 0.3 is 0 Å². The number of pyridine rings is 1. The summed E-state index contributed by atoms with van der Waals surface area (Å²) in [5.41, 5.74) is 0.627. The van der Waals surface area contributed by atoms with Crippen molar-refractivity contribution in [1.29, 1.82) is 0 Å². The quantitative estimate of drug-likeness (QED) is 0.485. The Morgan fingerprint density at radius 3 is 2.69 bits per heavy atom. The number of anilines is 1. The third-order valence-corrected chi connectivity index (χ3v) is 9.15. The summed E-state index contributed by atoms with van der Waals surface area (Å²) in [4.78, 5) is 6.35. The molecule has 3 aromatic rings. The Labute approximate surface area is 204 Å². The Balaban J connectivity index is 1.68. The average Bonchev–Trinajstić information content (AvgIpc) is 3.18. The molecule has 14 heteroatoms. The SMILES string of the molecule is C[C@@H]1CN(c2cc(S(=O)(=O)NC3(C)CC3)cn3c(-c4nnc(C(F)F)s4)ncc23)[C@H](C)[C@H](CF)N1. The number of sulfonamides is 1. The average molecular weight is 530 g/mol. The summed E-state index contributed by atoms with van der Waals surface area (Å²) in [6, 6.07) is 0.803. The maximum absolute atomic E-state index is 13.8. The number of piperazine rings is 1. The molecular formula is C21H26F3N7O2S2. The first-order valence-corrected chi connectivity index (χ1v) is 13.6. The molecule has 0 spiro atoms. The highest BCUT2D eigenvalue weighted by atomic mass is 32.2. The Morgan fingerprint density at radius 1 is 1.31 bits per heavy atom. The van der Waals surface area contributed by atoms with Gasteiger partial charge in [0.1, 0.15) is 11.6 Å². The normalized spacial score (nSPS) is 24.4. The number of rotatable bonds is 7. The summed E-state index contributed by atoms with van der Waals surface area (Å²) in [5, 5.41) is 10.3. The Bertz CT molecular complexity index is 1360. The topological polar surface area (TPSA) is 105 Å². The Hall–Kier alpha value is -2.29. The number of nitrogens with one attached hydrogen (secondary N) is 2. The number of alkyl halides is 3. The molecule has 0 radical (unpaired) electrons. The molecule has 3 aromatic heterocycles. The minimum Gasteiger partial charge on any atom is -0.364 e. The van der Waals surface area contributed by atoms with Crippen LogP contribution in [0.4, 0.5) is 18.9 Å². The molecule has 9 nitrogen and oxygen atoms in total. The van der Waals surface area contributed by atoms with E-state index in [1.807, 2.05) is 25.7 Å². The van der Waals surface area contributed by atoms with Crippen LogP contribution < -0.4 is 14.9 Å². The zero-order valence-corrected chi connectivity index (χ0v) is 21.0. The van der Waals surface area contributed by atoms with Gasteiger partial charge in [0.15, 0.2) is 15.8 Å². The van der Waals surface area contributed by atoms with Crippen molar-refractivity contribution in [2.75, 3.05) is 18.1 Å². The van der Waals surface area contributed by atoms with Crippen molar-refractivity contribution in [1.82, 2.24) is 29.6 Å². The van der Waals surface area contributed by atoms with Crippen molar-refractivity contribution in [2.45, 2.75) is 68.6 Å². The van der Waals surface area contributed by atoms with E-state index in [-0.39, 0.29) is 27.8 Å². The van der Waals surface area contributed by atoms with Gasteiger partial charge in [0.05, 0.1) is 23.4 Å². The van der Waals surface area contributed by atoms with Crippen molar-refractivity contribution in [3.8, 4) is 10.8 Å². The second kappa shape index (κ2) is 8.68. The number of imidazole rings is 1. The Kier molecular flexibility index (Phi) is 6.05. The van der Waals surface area contributed by atoms with E-state index in [4.69, 9.17) is 0 Å². The summed E-state index contributed by atoms with van der Waals surface area (Å²) >= 11 is 0.699. The molecule has 5 rings (SSSR count). The molecule has 0 aromatic carbocycles. The highest BCUT2D eigenvalue weighted by Gasteiger charge is 2.42. The molecule has 0 unspecified atom stereocenters. The van der Waals surface area contributed by atoms with Crippen molar-refractivity contribution in [2.24, 2.45) is 0 Å². The first-order chi connectivity index (χ1) is 16.5. The van der Waals surface area contributed by atoms with Crippen LogP contribution in [0.2, 0.25) is 0 Å². The first-order valence-electron chi connectivity index (χ1n) is 11.3. The lowest BCUT2D eigenvalue weighted by Crippen LogP contribution is -2.61. The second-order valence-corrected chi connectivity index (χ2v) is 12.2. The zero-order chi connectivity index (χ0) is 25.1. The van der Waals surface area contributed by atoms with Crippen molar-refractivity contribution in [3.63, 3.8) is 0 Å². The van der Waals surface area contributed by atoms with Crippen LogP contribution in [0.5, 0.6) is 0 Å². The van der Waals surface area contributed by atoms with E-state index in [0.717, 1.165) is 12.8 Å². The number of hydrogen-bond acceptors (Lipinski definition) is 8. The lowest BCUT2D eigenvalue weighted by molar-refractivity contribution is 0.150. The number of halogens is 3. The van der Waals surface area contributed by atoms with E-state index < -0.39 is 39.7 Å². The van der Waals surface area contributed by atoms with Crippen LogP contribution in [0.25, 0.3) is 16.3 Å². The highest BCUT2D eigenvalue weighted by molar-refractivity contribution is 7.89. The number of hydrogen-bond donors (Lipinski definition) is 2. The number of aromatic nitrogens is 4. The van der Waals surface area contributed by atoms with Crippen LogP contribution in [0, 0.1) is 0 Å². The monoisotopic (exact) mass is 529 g/mol. The van der Waals surface area contributed by atoms with Gasteiger partial charge in [0.25, 0.3) is 6.43 Å². The maximum Gasteiger partial charge on any atom is 0.291 e. The van der Waals surface area contributed by atoms with E-state index in [0.29, 0.717) is 29.1 Å². The molecule has 4 heterocycles. The fraction of sp³-hybridized carbons (Fsp3) is 0.571. The molecular weight excluding hydrogens is 503 g/mol. The molecule has 1 saturated heterocycles. The van der Waals surface area contributed by atoms with Gasteiger partial charge in [-0.1, -0.05) is 11.3 Å². The minimum absolute atomic E-state index is 0.00107. The predicted octanol–water partition coefficient (Wildman–Crippen LogP) is 3.15. The lowest BCUT2D eigenvalue weighted by Gasteiger charge is -2.44. The van der Waals surface area contributed by atoms with E-state index in [2.05, 4.69) is 25.2 Å². The molecule has 3 atom stereocenters. The van der Waals surface area contributed by atoms with Crippen molar-refractivity contribution < 1.29 is 21.6 Å². The fourth-order valence-electron chi connectivity index (χ4n) is 4.40. The van der Waals surface area contributed by atoms with Gasteiger partial charge in [0.2, 0.25) is 10.0 Å². The van der Waals surface area contributed by atoms with Crippen LogP contribution in [-0.4, -0.2) is 64.9 Å². The van der Waals surface area contributed by atoms with Gasteiger partial charge in [-0.05, 0) is 39.7 Å². The maximum atomic E-state index is 13.8. The molecule has 1 aliphatic heterocycles. The van der Waals surface area contributed by atoms with Crippen molar-refractivity contribution in [3.05, 3.63) is 23.5 Å². The van der Waals surface area contributed by atoms with Gasteiger partial charge in [0, 0.05) is 30.4 Å². The van der Waals surface area contributed by atoms with Gasteiger partial charge < -0.3 is 10.2 Å². The highest BCUT2D eigenvalue weighted by Crippen LogP contribution is 2.38. The third-order valence-electron chi connectivity index (χ3n) is 6.62. The van der Waals surface area contributed by atoms with Gasteiger partial charge in [-0.15, -0.1) is 10.2 Å². The molecule has 1 aliphatic carbocycles. The molecule has 2 fully saturated rings. The van der Waals surface area contributed by atoms with Gasteiger partial charge in [-0.2, -0.15) is 0 Å². The number of fused-ring (bicyclic) bond motifs is 1. The largest absolute Gasteiger partial charge is 0.364 e. The number of nitrogens with zero attached hydrogens (tertiary/aromatic N) is 5. The predicted molar refractivity (Wildman–Crippen MR) is 126 cm³/mol. The summed E-state index contributed by atoms with van der Waals surface area (Å²) in [7, 11) is -3.91. The smallest absolute Gasteiger partial charge is 0.291 e. The van der Waals surface area contributed by atoms with Gasteiger partial charge in [-0.25, -0.2) is 31.3 Å². The summed E-state index contributed by atoms with van der Waals surface area (Å²) in [6.07, 6.45) is 1.67. The molecule has 1 saturated carbocycles. The zero-order valence-electron chi connectivity index (χ0n) is 19.4. The van der Waals surface area contributed by atoms with Crippen LogP contribution in [0.3, 0.4) is 0 Å². The van der Waals surface area contributed by atoms with E-state index in [9.17, 15) is 21.6 Å². The summed E-state index contributed by atoms with van der Waals surface area (Å²) < 4.78 is 71.0. The first kappa shape index (κ1) is 24.4. The standard InChI is InChI=1S/C21H26F3N7O2S2/c1-11-9-30(12(2)14(7-22)26-11)15-6-13(35(32,33)29-21(3)4-5-21)10-31-16(15)8-25-18(31)20-28-27-19(34-20)17(23)24/h6,8,10-12,14,17,26,29H,4-5,7,9H2,1-3H3/t11-,12-,14+/m1/s1.